The van der Waals surface area contributed by atoms with Crippen LogP contribution in [0.3, 0.4) is 0 Å². The largest absolute Gasteiger partial charge is 0.381 e. The molecule has 1 fully saturated rings. The SMILES string of the molecule is [CH2]CC=C(c1ccc(F)cc1)C(CC)C1CCOCC1. The van der Waals surface area contributed by atoms with Gasteiger partial charge in [-0.2, -0.15) is 0 Å². The van der Waals surface area contributed by atoms with Crippen LogP contribution in [0.5, 0.6) is 0 Å². The Morgan fingerprint density at radius 1 is 1.35 bits per heavy atom. The zero-order valence-corrected chi connectivity index (χ0v) is 12.3. The zero-order chi connectivity index (χ0) is 14.4. The number of allylic oxidation sites excluding steroid dienone is 2. The van der Waals surface area contributed by atoms with Crippen LogP contribution < -0.4 is 0 Å². The molecule has 0 N–H and O–H groups in total. The number of hydrogen-bond donors (Lipinski definition) is 0. The van der Waals surface area contributed by atoms with Gasteiger partial charge in [0.05, 0.1) is 0 Å². The van der Waals surface area contributed by atoms with E-state index in [4.69, 9.17) is 4.74 Å². The van der Waals surface area contributed by atoms with Gasteiger partial charge in [0.25, 0.3) is 0 Å². The standard InChI is InChI=1S/C18H24FO/c1-3-5-18(14-6-8-16(19)9-7-14)17(4-2)15-10-12-20-13-11-15/h5-9,15,17H,1,3-4,10-13H2,2H3. The average molecular weight is 275 g/mol. The first kappa shape index (κ1) is 15.2. The second-order valence-electron chi connectivity index (χ2n) is 5.42. The van der Waals surface area contributed by atoms with Crippen LogP contribution in [0.2, 0.25) is 0 Å². The summed E-state index contributed by atoms with van der Waals surface area (Å²) in [4.78, 5) is 0. The molecule has 0 aliphatic carbocycles. The van der Waals surface area contributed by atoms with Crippen molar-refractivity contribution in [1.82, 2.24) is 0 Å². The van der Waals surface area contributed by atoms with Crippen molar-refractivity contribution in [1.29, 1.82) is 0 Å². The van der Waals surface area contributed by atoms with Crippen LogP contribution in [-0.4, -0.2) is 13.2 Å². The maximum absolute atomic E-state index is 13.1. The van der Waals surface area contributed by atoms with E-state index in [1.807, 2.05) is 12.1 Å². The summed E-state index contributed by atoms with van der Waals surface area (Å²) in [6, 6.07) is 6.86. The van der Waals surface area contributed by atoms with Crippen LogP contribution in [0.25, 0.3) is 5.57 Å². The minimum absolute atomic E-state index is 0.179. The van der Waals surface area contributed by atoms with Crippen molar-refractivity contribution in [3.8, 4) is 0 Å². The van der Waals surface area contributed by atoms with Crippen LogP contribution in [0, 0.1) is 24.6 Å². The molecule has 0 amide bonds. The van der Waals surface area contributed by atoms with Crippen LogP contribution in [0.4, 0.5) is 4.39 Å². The fourth-order valence-electron chi connectivity index (χ4n) is 3.21. The first-order chi connectivity index (χ1) is 9.76. The first-order valence-corrected chi connectivity index (χ1v) is 7.59. The van der Waals surface area contributed by atoms with E-state index in [2.05, 4.69) is 19.9 Å². The number of hydrogen-bond acceptors (Lipinski definition) is 1. The van der Waals surface area contributed by atoms with Gasteiger partial charge in [-0.1, -0.05) is 25.1 Å². The normalized spacial score (nSPS) is 19.1. The number of halogens is 1. The van der Waals surface area contributed by atoms with Gasteiger partial charge >= 0.3 is 0 Å². The van der Waals surface area contributed by atoms with Crippen LogP contribution in [-0.2, 0) is 4.74 Å². The Hall–Kier alpha value is -1.15. The number of ether oxygens (including phenoxy) is 1. The molecule has 1 unspecified atom stereocenters. The van der Waals surface area contributed by atoms with Crippen molar-refractivity contribution in [2.45, 2.75) is 32.6 Å². The predicted octanol–water partition coefficient (Wildman–Crippen LogP) is 4.89. The maximum atomic E-state index is 13.1. The molecule has 0 bridgehead atoms. The average Bonchev–Trinajstić information content (AvgIpc) is 2.49. The molecule has 1 radical (unpaired) electrons. The van der Waals surface area contributed by atoms with Crippen molar-refractivity contribution in [3.63, 3.8) is 0 Å². The summed E-state index contributed by atoms with van der Waals surface area (Å²) in [5.74, 6) is 1.00. The summed E-state index contributed by atoms with van der Waals surface area (Å²) in [7, 11) is 0. The molecule has 1 atom stereocenters. The fourth-order valence-corrected chi connectivity index (χ4v) is 3.21. The number of benzene rings is 1. The van der Waals surface area contributed by atoms with Gasteiger partial charge in [-0.15, -0.1) is 0 Å². The molecule has 1 aliphatic rings. The van der Waals surface area contributed by atoms with Crippen LogP contribution >= 0.6 is 0 Å². The summed E-state index contributed by atoms with van der Waals surface area (Å²) in [6.45, 7) is 7.92. The van der Waals surface area contributed by atoms with Crippen molar-refractivity contribution >= 4 is 5.57 Å². The number of rotatable bonds is 5. The Morgan fingerprint density at radius 3 is 2.55 bits per heavy atom. The quantitative estimate of drug-likeness (QED) is 0.743. The van der Waals surface area contributed by atoms with Crippen molar-refractivity contribution in [2.75, 3.05) is 13.2 Å². The molecule has 0 aromatic heterocycles. The van der Waals surface area contributed by atoms with Crippen LogP contribution in [0.15, 0.2) is 30.3 Å². The van der Waals surface area contributed by atoms with Gasteiger partial charge in [-0.25, -0.2) is 4.39 Å². The molecule has 109 valence electrons. The van der Waals surface area contributed by atoms with E-state index in [1.165, 1.54) is 5.57 Å². The first-order valence-electron chi connectivity index (χ1n) is 7.59. The van der Waals surface area contributed by atoms with E-state index in [1.54, 1.807) is 12.1 Å². The molecule has 2 rings (SSSR count). The van der Waals surface area contributed by atoms with E-state index in [0.717, 1.165) is 44.5 Å². The van der Waals surface area contributed by atoms with Crippen LogP contribution in [0.1, 0.15) is 38.2 Å². The fraction of sp³-hybridized carbons (Fsp3) is 0.500. The third-order valence-electron chi connectivity index (χ3n) is 4.22. The Kier molecular flexibility index (Phi) is 5.78. The lowest BCUT2D eigenvalue weighted by Gasteiger charge is -2.32. The molecule has 1 aliphatic heterocycles. The molecule has 1 aromatic carbocycles. The summed E-state index contributed by atoms with van der Waals surface area (Å²) in [5, 5.41) is 0. The zero-order valence-electron chi connectivity index (χ0n) is 12.3. The lowest BCUT2D eigenvalue weighted by Crippen LogP contribution is -2.24. The second kappa shape index (κ2) is 7.58. The summed E-state index contributed by atoms with van der Waals surface area (Å²) in [5.41, 5.74) is 2.46. The molecule has 0 saturated carbocycles. The van der Waals surface area contributed by atoms with Crippen molar-refractivity contribution in [3.05, 3.63) is 48.6 Å². The lowest BCUT2D eigenvalue weighted by atomic mass is 9.77. The summed E-state index contributed by atoms with van der Waals surface area (Å²) >= 11 is 0. The van der Waals surface area contributed by atoms with Gasteiger partial charge in [0, 0.05) is 13.2 Å². The molecule has 20 heavy (non-hydrogen) atoms. The van der Waals surface area contributed by atoms with Gasteiger partial charge in [-0.05, 0) is 67.7 Å². The monoisotopic (exact) mass is 275 g/mol. The van der Waals surface area contributed by atoms with Gasteiger partial charge in [0.2, 0.25) is 0 Å². The molecule has 1 aromatic rings. The lowest BCUT2D eigenvalue weighted by molar-refractivity contribution is 0.0545. The van der Waals surface area contributed by atoms with Gasteiger partial charge < -0.3 is 4.74 Å². The highest BCUT2D eigenvalue weighted by molar-refractivity contribution is 5.67. The topological polar surface area (TPSA) is 9.23 Å². The molecule has 1 saturated heterocycles. The molecule has 1 nitrogen and oxygen atoms in total. The van der Waals surface area contributed by atoms with Gasteiger partial charge in [0.15, 0.2) is 0 Å². The minimum atomic E-state index is -0.179. The second-order valence-corrected chi connectivity index (χ2v) is 5.42. The highest BCUT2D eigenvalue weighted by Gasteiger charge is 2.26. The van der Waals surface area contributed by atoms with Crippen molar-refractivity contribution < 1.29 is 9.13 Å². The Morgan fingerprint density at radius 2 is 2.00 bits per heavy atom. The van der Waals surface area contributed by atoms with E-state index in [0.29, 0.717) is 11.8 Å². The maximum Gasteiger partial charge on any atom is 0.123 e. The van der Waals surface area contributed by atoms with Gasteiger partial charge in [-0.3, -0.25) is 0 Å². The molecule has 1 heterocycles. The Bertz CT molecular complexity index is 429. The summed E-state index contributed by atoms with van der Waals surface area (Å²) in [6.07, 6.45) is 6.32. The highest BCUT2D eigenvalue weighted by Crippen LogP contribution is 2.37. The third kappa shape index (κ3) is 3.69. The Balaban J connectivity index is 2.25. The van der Waals surface area contributed by atoms with E-state index < -0.39 is 0 Å². The molecule has 2 heteroatoms. The molecular formula is C18H24FO. The predicted molar refractivity (Wildman–Crippen MR) is 81.7 cm³/mol. The molecule has 0 spiro atoms. The summed E-state index contributed by atoms with van der Waals surface area (Å²) < 4.78 is 18.6. The Labute approximate surface area is 121 Å². The van der Waals surface area contributed by atoms with E-state index in [9.17, 15) is 4.39 Å². The molecular weight excluding hydrogens is 251 g/mol. The highest BCUT2D eigenvalue weighted by atomic mass is 19.1. The van der Waals surface area contributed by atoms with E-state index >= 15 is 0 Å². The third-order valence-corrected chi connectivity index (χ3v) is 4.22. The van der Waals surface area contributed by atoms with Gasteiger partial charge in [0.1, 0.15) is 5.82 Å². The van der Waals surface area contributed by atoms with E-state index in [-0.39, 0.29) is 5.82 Å². The van der Waals surface area contributed by atoms with Crippen molar-refractivity contribution in [2.24, 2.45) is 11.8 Å². The minimum Gasteiger partial charge on any atom is -0.381 e. The smallest absolute Gasteiger partial charge is 0.123 e.